The first-order valence-electron chi connectivity index (χ1n) is 11.8. The van der Waals surface area contributed by atoms with Crippen LogP contribution in [-0.2, 0) is 15.0 Å². The number of hydrogen-bond acceptors (Lipinski definition) is 4. The maximum Gasteiger partial charge on any atom is 0.237 e. The predicted octanol–water partition coefficient (Wildman–Crippen LogP) is 4.52. The molecule has 2 heterocycles. The van der Waals surface area contributed by atoms with E-state index in [4.69, 9.17) is 28.3 Å². The van der Waals surface area contributed by atoms with Crippen LogP contribution in [0.15, 0.2) is 30.3 Å². The van der Waals surface area contributed by atoms with Gasteiger partial charge in [-0.2, -0.15) is 0 Å². The van der Waals surface area contributed by atoms with Gasteiger partial charge in [-0.25, -0.2) is 8.78 Å². The van der Waals surface area contributed by atoms with Crippen LogP contribution in [0.1, 0.15) is 50.7 Å². The highest BCUT2D eigenvalue weighted by Crippen LogP contribution is 2.57. The molecule has 1 fully saturated rings. The van der Waals surface area contributed by atoms with Gasteiger partial charge < -0.3 is 21.1 Å². The van der Waals surface area contributed by atoms with Crippen molar-refractivity contribution in [3.63, 3.8) is 0 Å². The highest BCUT2D eigenvalue weighted by molar-refractivity contribution is 6.31. The van der Waals surface area contributed by atoms with Crippen LogP contribution in [-0.4, -0.2) is 42.2 Å². The summed E-state index contributed by atoms with van der Waals surface area (Å²) >= 11 is 12.2. The Kier molecular flexibility index (Phi) is 7.36. The molecule has 1 saturated heterocycles. The number of fused-ring (bicyclic) bond motifs is 2. The number of nitrogens with one attached hydrogen (secondary N) is 3. The van der Waals surface area contributed by atoms with E-state index < -0.39 is 41.0 Å². The van der Waals surface area contributed by atoms with Crippen LogP contribution in [0.3, 0.4) is 0 Å². The van der Waals surface area contributed by atoms with E-state index in [-0.39, 0.29) is 34.5 Å². The van der Waals surface area contributed by atoms with E-state index in [0.717, 1.165) is 0 Å². The van der Waals surface area contributed by atoms with E-state index in [1.165, 1.54) is 30.3 Å². The number of carbonyl (C=O) groups excluding carboxylic acids is 2. The van der Waals surface area contributed by atoms with Crippen LogP contribution in [0.2, 0.25) is 10.0 Å². The minimum Gasteiger partial charge on any atom is -0.396 e. The third-order valence-corrected chi connectivity index (χ3v) is 7.50. The van der Waals surface area contributed by atoms with Crippen molar-refractivity contribution in [2.45, 2.75) is 57.0 Å². The number of rotatable bonds is 6. The Morgan fingerprint density at radius 3 is 2.47 bits per heavy atom. The Labute approximate surface area is 218 Å². The second-order valence-corrected chi connectivity index (χ2v) is 11.4. The van der Waals surface area contributed by atoms with Gasteiger partial charge in [-0.3, -0.25) is 9.59 Å². The Morgan fingerprint density at radius 2 is 1.83 bits per heavy atom. The number of aliphatic hydroxyl groups is 1. The van der Waals surface area contributed by atoms with Crippen molar-refractivity contribution < 1.29 is 23.5 Å². The molecule has 10 heteroatoms. The zero-order chi connectivity index (χ0) is 26.4. The van der Waals surface area contributed by atoms with E-state index in [9.17, 15) is 18.4 Å². The molecule has 2 aliphatic heterocycles. The van der Waals surface area contributed by atoms with Gasteiger partial charge in [-0.1, -0.05) is 50.0 Å². The van der Waals surface area contributed by atoms with Gasteiger partial charge in [0, 0.05) is 30.8 Å². The Balaban J connectivity index is 1.96. The van der Waals surface area contributed by atoms with Gasteiger partial charge in [0.25, 0.3) is 0 Å². The van der Waals surface area contributed by atoms with Crippen molar-refractivity contribution >= 4 is 40.7 Å². The smallest absolute Gasteiger partial charge is 0.237 e. The largest absolute Gasteiger partial charge is 0.396 e. The predicted molar refractivity (Wildman–Crippen MR) is 135 cm³/mol. The summed E-state index contributed by atoms with van der Waals surface area (Å²) in [5, 5.41) is 17.9. The minimum atomic E-state index is -1.41. The molecule has 6 nitrogen and oxygen atoms in total. The van der Waals surface area contributed by atoms with E-state index >= 15 is 0 Å². The van der Waals surface area contributed by atoms with Crippen molar-refractivity contribution in [3.8, 4) is 0 Å². The number of hydrogen-bond donors (Lipinski definition) is 4. The van der Waals surface area contributed by atoms with Crippen molar-refractivity contribution in [3.05, 3.63) is 63.1 Å². The summed E-state index contributed by atoms with van der Waals surface area (Å²) < 4.78 is 29.0. The molecule has 2 aromatic carbocycles. The Hall–Kier alpha value is -2.26. The van der Waals surface area contributed by atoms with Crippen LogP contribution in [0.5, 0.6) is 0 Å². The molecule has 0 aromatic heterocycles. The maximum absolute atomic E-state index is 14.8. The SMILES string of the molecule is CC(C)(C)C[C@H]1N[C@@H](C(=O)NCCCO)[C@H](c2ccc(F)c(Cl)c2)[C@@]12C(=O)Nc1cc(Cl)c(F)cc12. The minimum absolute atomic E-state index is 0.0955. The first kappa shape index (κ1) is 26.8. The zero-order valence-corrected chi connectivity index (χ0v) is 21.7. The van der Waals surface area contributed by atoms with Gasteiger partial charge in [0.05, 0.1) is 16.1 Å². The third-order valence-electron chi connectivity index (χ3n) is 6.92. The molecule has 0 saturated carbocycles. The highest BCUT2D eigenvalue weighted by Gasteiger charge is 2.65. The average molecular weight is 540 g/mol. The van der Waals surface area contributed by atoms with Gasteiger partial charge in [0.2, 0.25) is 11.8 Å². The molecule has 4 N–H and O–H groups in total. The molecule has 0 unspecified atom stereocenters. The molecule has 0 radical (unpaired) electrons. The molecule has 4 rings (SSSR count). The molecule has 2 amide bonds. The molecule has 0 aliphatic carbocycles. The average Bonchev–Trinajstić information content (AvgIpc) is 3.25. The first-order chi connectivity index (χ1) is 16.9. The number of halogens is 4. The molecule has 2 aliphatic rings. The normalized spacial score (nSPS) is 25.2. The summed E-state index contributed by atoms with van der Waals surface area (Å²) in [6.45, 7) is 6.17. The summed E-state index contributed by atoms with van der Waals surface area (Å²) in [4.78, 5) is 27.4. The number of aliphatic hydroxyl groups excluding tert-OH is 1. The fourth-order valence-electron chi connectivity index (χ4n) is 5.54. The van der Waals surface area contributed by atoms with Crippen LogP contribution >= 0.6 is 23.2 Å². The maximum atomic E-state index is 14.8. The molecule has 1 spiro atoms. The standard InChI is InChI=1S/C26H29Cl2F2N3O3/c1-25(2,3)12-20-26(14-10-18(30)16(28)11-19(14)32-24(26)36)21(13-5-6-17(29)15(27)9-13)22(33-20)23(35)31-7-4-8-34/h5-6,9-11,20-22,33-34H,4,7-8,12H2,1-3H3,(H,31,35)(H,32,36)/t20-,21+,22-,26+/m1/s1. The van der Waals surface area contributed by atoms with Gasteiger partial charge in [0.15, 0.2) is 0 Å². The van der Waals surface area contributed by atoms with Crippen LogP contribution in [0.25, 0.3) is 0 Å². The monoisotopic (exact) mass is 539 g/mol. The molecular weight excluding hydrogens is 511 g/mol. The lowest BCUT2D eigenvalue weighted by Gasteiger charge is -2.37. The second-order valence-electron chi connectivity index (χ2n) is 10.6. The Bertz CT molecular complexity index is 1200. The summed E-state index contributed by atoms with van der Waals surface area (Å²) in [6.07, 6.45) is 0.824. The van der Waals surface area contributed by atoms with E-state index in [1.807, 2.05) is 20.8 Å². The van der Waals surface area contributed by atoms with Crippen molar-refractivity contribution in [2.24, 2.45) is 5.41 Å². The fraction of sp³-hybridized carbons (Fsp3) is 0.462. The molecular formula is C26H29Cl2F2N3O3. The van der Waals surface area contributed by atoms with Crippen LogP contribution < -0.4 is 16.0 Å². The number of amides is 2. The lowest BCUT2D eigenvalue weighted by atomic mass is 9.62. The third kappa shape index (κ3) is 4.60. The van der Waals surface area contributed by atoms with E-state index in [0.29, 0.717) is 29.7 Å². The van der Waals surface area contributed by atoms with Crippen LogP contribution in [0.4, 0.5) is 14.5 Å². The van der Waals surface area contributed by atoms with Crippen molar-refractivity contribution in [1.29, 1.82) is 0 Å². The molecule has 0 bridgehead atoms. The summed E-state index contributed by atoms with van der Waals surface area (Å²) in [5.74, 6) is -2.96. The molecule has 194 valence electrons. The van der Waals surface area contributed by atoms with E-state index in [2.05, 4.69) is 16.0 Å². The second kappa shape index (κ2) is 9.89. The zero-order valence-electron chi connectivity index (χ0n) is 20.2. The highest BCUT2D eigenvalue weighted by atomic mass is 35.5. The van der Waals surface area contributed by atoms with Gasteiger partial charge in [0.1, 0.15) is 17.0 Å². The number of anilines is 1. The van der Waals surface area contributed by atoms with Gasteiger partial charge in [-0.05, 0) is 53.6 Å². The molecule has 4 atom stereocenters. The first-order valence-corrected chi connectivity index (χ1v) is 12.6. The van der Waals surface area contributed by atoms with Crippen molar-refractivity contribution in [1.82, 2.24) is 10.6 Å². The lowest BCUT2D eigenvalue weighted by Crippen LogP contribution is -2.49. The summed E-state index contributed by atoms with van der Waals surface area (Å²) in [6, 6.07) is 5.22. The lowest BCUT2D eigenvalue weighted by molar-refractivity contribution is -0.123. The number of benzene rings is 2. The molecule has 36 heavy (non-hydrogen) atoms. The fourth-order valence-corrected chi connectivity index (χ4v) is 5.89. The molecule has 2 aromatic rings. The van der Waals surface area contributed by atoms with Gasteiger partial charge >= 0.3 is 0 Å². The Morgan fingerprint density at radius 1 is 1.14 bits per heavy atom. The van der Waals surface area contributed by atoms with Gasteiger partial charge in [-0.15, -0.1) is 0 Å². The van der Waals surface area contributed by atoms with E-state index in [1.54, 1.807) is 0 Å². The summed E-state index contributed by atoms with van der Waals surface area (Å²) in [5.41, 5.74) is -0.468. The van der Waals surface area contributed by atoms with Crippen molar-refractivity contribution in [2.75, 3.05) is 18.5 Å². The summed E-state index contributed by atoms with van der Waals surface area (Å²) in [7, 11) is 0. The quantitative estimate of drug-likeness (QED) is 0.406. The number of carbonyl (C=O) groups is 2. The topological polar surface area (TPSA) is 90.5 Å². The van der Waals surface area contributed by atoms with Crippen LogP contribution in [0, 0.1) is 17.0 Å².